The Morgan fingerprint density at radius 1 is 1.22 bits per heavy atom. The van der Waals surface area contributed by atoms with Crippen molar-refractivity contribution in [2.75, 3.05) is 0 Å². The fourth-order valence-electron chi connectivity index (χ4n) is 3.79. The summed E-state index contributed by atoms with van der Waals surface area (Å²) in [5, 5.41) is 6.53. The Morgan fingerprint density at radius 3 is 2.52 bits per heavy atom. The number of nitrogens with one attached hydrogen (secondary N) is 2. The summed E-state index contributed by atoms with van der Waals surface area (Å²) in [5.41, 5.74) is 7.84. The van der Waals surface area contributed by atoms with E-state index in [1.807, 2.05) is 13.8 Å². The second kappa shape index (κ2) is 7.50. The molecule has 0 spiro atoms. The standard InChI is InChI=1S/C19H26F3N5/c1-12-13(2)26-17(27-18(12,23)14-6-4-3-5-7-14)25-11-16-9-8-15(10-24-16)19(20,21)22/h8-10,14H,3-7,11,23H2,1-2H3,(H2,25,26,27). The highest BCUT2D eigenvalue weighted by Gasteiger charge is 2.41. The highest BCUT2D eigenvalue weighted by atomic mass is 19.4. The quantitative estimate of drug-likeness (QED) is 0.747. The second-order valence-corrected chi connectivity index (χ2v) is 7.40. The number of hydrogen-bond acceptors (Lipinski definition) is 3. The molecule has 0 saturated heterocycles. The molecule has 0 aromatic carbocycles. The molecule has 148 valence electrons. The lowest BCUT2D eigenvalue weighted by Crippen LogP contribution is -2.67. The van der Waals surface area contributed by atoms with Crippen LogP contribution in [0.4, 0.5) is 13.2 Å². The minimum atomic E-state index is -4.39. The molecule has 27 heavy (non-hydrogen) atoms. The SMILES string of the molecule is CC1=C(C)C(N)(C2CCCCC2)NC(=NCc2ccc(C(F)(F)F)cn2)N1. The van der Waals surface area contributed by atoms with Crippen LogP contribution in [0, 0.1) is 5.92 Å². The zero-order chi connectivity index (χ0) is 19.7. The summed E-state index contributed by atoms with van der Waals surface area (Å²) in [4.78, 5) is 8.32. The number of halogens is 3. The average molecular weight is 381 g/mol. The van der Waals surface area contributed by atoms with Gasteiger partial charge in [-0.3, -0.25) is 4.98 Å². The minimum absolute atomic E-state index is 0.167. The molecular formula is C19H26F3N5. The highest BCUT2D eigenvalue weighted by molar-refractivity contribution is 5.84. The third-order valence-electron chi connectivity index (χ3n) is 5.61. The van der Waals surface area contributed by atoms with Crippen molar-refractivity contribution in [1.29, 1.82) is 0 Å². The Morgan fingerprint density at radius 2 is 1.93 bits per heavy atom. The molecule has 1 aliphatic heterocycles. The van der Waals surface area contributed by atoms with E-state index in [1.54, 1.807) is 0 Å². The fraction of sp³-hybridized carbons (Fsp3) is 0.579. The van der Waals surface area contributed by atoms with Crippen molar-refractivity contribution in [3.8, 4) is 0 Å². The van der Waals surface area contributed by atoms with Gasteiger partial charge in [-0.15, -0.1) is 0 Å². The van der Waals surface area contributed by atoms with Gasteiger partial charge in [0.05, 0.1) is 17.8 Å². The Labute approximate surface area is 157 Å². The smallest absolute Gasteiger partial charge is 0.334 e. The van der Waals surface area contributed by atoms with E-state index in [0.29, 0.717) is 17.6 Å². The molecule has 8 heteroatoms. The predicted molar refractivity (Wildman–Crippen MR) is 98.5 cm³/mol. The number of aliphatic imine (C=N–C) groups is 1. The molecule has 4 N–H and O–H groups in total. The molecule has 0 bridgehead atoms. The van der Waals surface area contributed by atoms with Crippen molar-refractivity contribution in [3.63, 3.8) is 0 Å². The number of nitrogens with zero attached hydrogens (tertiary/aromatic N) is 2. The van der Waals surface area contributed by atoms with Gasteiger partial charge in [0, 0.05) is 11.9 Å². The van der Waals surface area contributed by atoms with E-state index >= 15 is 0 Å². The monoisotopic (exact) mass is 381 g/mol. The summed E-state index contributed by atoms with van der Waals surface area (Å²) < 4.78 is 37.9. The predicted octanol–water partition coefficient (Wildman–Crippen LogP) is 3.68. The second-order valence-electron chi connectivity index (χ2n) is 7.40. The van der Waals surface area contributed by atoms with Crippen LogP contribution in [0.2, 0.25) is 0 Å². The van der Waals surface area contributed by atoms with Crippen LogP contribution in [0.15, 0.2) is 34.6 Å². The van der Waals surface area contributed by atoms with Crippen LogP contribution in [0.1, 0.15) is 57.2 Å². The summed E-state index contributed by atoms with van der Waals surface area (Å²) in [7, 11) is 0. The lowest BCUT2D eigenvalue weighted by atomic mass is 9.76. The van der Waals surface area contributed by atoms with Crippen molar-refractivity contribution >= 4 is 5.96 Å². The maximum atomic E-state index is 12.6. The van der Waals surface area contributed by atoms with Crippen molar-refractivity contribution in [3.05, 3.63) is 40.9 Å². The van der Waals surface area contributed by atoms with Crippen molar-refractivity contribution < 1.29 is 13.2 Å². The van der Waals surface area contributed by atoms with Crippen LogP contribution in [-0.2, 0) is 12.7 Å². The summed E-state index contributed by atoms with van der Waals surface area (Å²) in [6.45, 7) is 4.16. The number of pyridine rings is 1. The van der Waals surface area contributed by atoms with Crippen molar-refractivity contribution in [2.45, 2.75) is 64.3 Å². The van der Waals surface area contributed by atoms with Crippen molar-refractivity contribution in [2.24, 2.45) is 16.6 Å². The maximum Gasteiger partial charge on any atom is 0.417 e. The minimum Gasteiger partial charge on any atom is -0.334 e. The van der Waals surface area contributed by atoms with Gasteiger partial charge >= 0.3 is 6.18 Å². The van der Waals surface area contributed by atoms with Gasteiger partial charge in [0.15, 0.2) is 5.96 Å². The Hall–Kier alpha value is -2.09. The van der Waals surface area contributed by atoms with Gasteiger partial charge in [0.25, 0.3) is 0 Å². The molecule has 1 aromatic rings. The van der Waals surface area contributed by atoms with Gasteiger partial charge in [-0.2, -0.15) is 13.2 Å². The maximum absolute atomic E-state index is 12.6. The van der Waals surface area contributed by atoms with E-state index in [1.165, 1.54) is 25.3 Å². The van der Waals surface area contributed by atoms with E-state index in [2.05, 4.69) is 20.6 Å². The lowest BCUT2D eigenvalue weighted by molar-refractivity contribution is -0.137. The molecule has 1 unspecified atom stereocenters. The fourth-order valence-corrected chi connectivity index (χ4v) is 3.79. The summed E-state index contributed by atoms with van der Waals surface area (Å²) >= 11 is 0. The molecule has 2 aliphatic rings. The number of nitrogens with two attached hydrogens (primary N) is 1. The largest absolute Gasteiger partial charge is 0.417 e. The van der Waals surface area contributed by atoms with Crippen LogP contribution in [0.25, 0.3) is 0 Å². The Bertz CT molecular complexity index is 733. The first-order chi connectivity index (χ1) is 12.7. The van der Waals surface area contributed by atoms with Gasteiger partial charge in [-0.05, 0) is 50.3 Å². The zero-order valence-corrected chi connectivity index (χ0v) is 15.7. The highest BCUT2D eigenvalue weighted by Crippen LogP contribution is 2.35. The molecule has 5 nitrogen and oxygen atoms in total. The number of allylic oxidation sites excluding steroid dienone is 1. The summed E-state index contributed by atoms with van der Waals surface area (Å²) in [6, 6.07) is 2.37. The first-order valence-corrected chi connectivity index (χ1v) is 9.29. The molecule has 1 aromatic heterocycles. The van der Waals surface area contributed by atoms with Gasteiger partial charge in [-0.1, -0.05) is 19.3 Å². The van der Waals surface area contributed by atoms with Gasteiger partial charge in [-0.25, -0.2) is 4.99 Å². The molecule has 1 fully saturated rings. The lowest BCUT2D eigenvalue weighted by Gasteiger charge is -2.45. The number of aromatic nitrogens is 1. The number of hydrogen-bond donors (Lipinski definition) is 3. The van der Waals surface area contributed by atoms with E-state index in [4.69, 9.17) is 5.73 Å². The molecule has 3 rings (SSSR count). The Balaban J connectivity index is 1.75. The van der Waals surface area contributed by atoms with Gasteiger partial charge in [0.2, 0.25) is 0 Å². The molecule has 1 saturated carbocycles. The third kappa shape index (κ3) is 4.26. The van der Waals surface area contributed by atoms with Gasteiger partial charge < -0.3 is 16.4 Å². The third-order valence-corrected chi connectivity index (χ3v) is 5.61. The first kappa shape index (κ1) is 19.7. The molecule has 1 aliphatic carbocycles. The van der Waals surface area contributed by atoms with Crippen LogP contribution in [-0.4, -0.2) is 16.6 Å². The van der Waals surface area contributed by atoms with Gasteiger partial charge in [0.1, 0.15) is 5.66 Å². The Kier molecular flexibility index (Phi) is 5.46. The van der Waals surface area contributed by atoms with Crippen LogP contribution >= 0.6 is 0 Å². The normalized spacial score (nSPS) is 26.1. The molecule has 0 amide bonds. The molecule has 1 atom stereocenters. The number of alkyl halides is 3. The van der Waals surface area contributed by atoms with Crippen LogP contribution in [0.5, 0.6) is 0 Å². The van der Waals surface area contributed by atoms with Crippen molar-refractivity contribution in [1.82, 2.24) is 15.6 Å². The molecular weight excluding hydrogens is 355 g/mol. The topological polar surface area (TPSA) is 75.3 Å². The molecule has 2 heterocycles. The van der Waals surface area contributed by atoms with E-state index < -0.39 is 17.4 Å². The first-order valence-electron chi connectivity index (χ1n) is 9.29. The number of rotatable bonds is 3. The van der Waals surface area contributed by atoms with E-state index in [0.717, 1.165) is 36.4 Å². The van der Waals surface area contributed by atoms with Crippen LogP contribution < -0.4 is 16.4 Å². The zero-order valence-electron chi connectivity index (χ0n) is 15.7. The van der Waals surface area contributed by atoms with E-state index in [9.17, 15) is 13.2 Å². The average Bonchev–Trinajstić information content (AvgIpc) is 2.64. The summed E-state index contributed by atoms with van der Waals surface area (Å²) in [6.07, 6.45) is 2.18. The summed E-state index contributed by atoms with van der Waals surface area (Å²) in [5.74, 6) is 0.866. The molecule has 0 radical (unpaired) electrons. The van der Waals surface area contributed by atoms with Crippen LogP contribution in [0.3, 0.4) is 0 Å². The number of guanidine groups is 1. The van der Waals surface area contributed by atoms with E-state index in [-0.39, 0.29) is 6.54 Å².